The largest absolute Gasteiger partial charge is 0.468 e. The Kier molecular flexibility index (Phi) is 6.78. The van der Waals surface area contributed by atoms with Crippen LogP contribution in [-0.2, 0) is 35.8 Å². The molecular formula is C22H25F2NO5S. The predicted molar refractivity (Wildman–Crippen MR) is 111 cm³/mol. The van der Waals surface area contributed by atoms with Gasteiger partial charge in [0.15, 0.2) is 0 Å². The first-order valence-corrected chi connectivity index (χ1v) is 11.3. The molecule has 0 aromatic heterocycles. The topological polar surface area (TPSA) is 72.9 Å². The van der Waals surface area contributed by atoms with Gasteiger partial charge in [0.05, 0.1) is 13.2 Å². The summed E-state index contributed by atoms with van der Waals surface area (Å²) in [5.74, 6) is -2.77. The lowest BCUT2D eigenvalue weighted by Gasteiger charge is -2.32. The fraction of sp³-hybridized carbons (Fsp3) is 0.409. The van der Waals surface area contributed by atoms with E-state index in [2.05, 4.69) is 0 Å². The van der Waals surface area contributed by atoms with Gasteiger partial charge >= 0.3 is 5.97 Å². The lowest BCUT2D eigenvalue weighted by molar-refractivity contribution is -0.147. The van der Waals surface area contributed by atoms with E-state index in [9.17, 15) is 22.0 Å². The van der Waals surface area contributed by atoms with Crippen LogP contribution in [0.25, 0.3) is 0 Å². The number of halogens is 2. The molecule has 168 valence electrons. The Morgan fingerprint density at radius 3 is 2.45 bits per heavy atom. The van der Waals surface area contributed by atoms with Gasteiger partial charge in [-0.3, -0.25) is 13.9 Å². The number of methoxy groups -OCH3 is 1. The van der Waals surface area contributed by atoms with E-state index in [4.69, 9.17) is 8.92 Å². The van der Waals surface area contributed by atoms with Gasteiger partial charge in [-0.2, -0.15) is 8.42 Å². The first-order valence-electron chi connectivity index (χ1n) is 9.82. The van der Waals surface area contributed by atoms with Crippen molar-refractivity contribution in [1.82, 2.24) is 4.90 Å². The van der Waals surface area contributed by atoms with E-state index in [1.54, 1.807) is 18.7 Å². The maximum absolute atomic E-state index is 14.9. The van der Waals surface area contributed by atoms with E-state index in [0.717, 1.165) is 24.8 Å². The summed E-state index contributed by atoms with van der Waals surface area (Å²) in [5, 5.41) is -1.45. The lowest BCUT2D eigenvalue weighted by Crippen LogP contribution is -2.51. The average molecular weight is 454 g/mol. The summed E-state index contributed by atoms with van der Waals surface area (Å²) in [6.45, 7) is 3.20. The zero-order valence-electron chi connectivity index (χ0n) is 17.5. The van der Waals surface area contributed by atoms with Gasteiger partial charge in [0.1, 0.15) is 22.3 Å². The Labute approximate surface area is 180 Å². The molecule has 0 amide bonds. The van der Waals surface area contributed by atoms with Gasteiger partial charge in [0, 0.05) is 31.3 Å². The number of nitrogens with zero attached hydrogens (tertiary/aromatic N) is 1. The van der Waals surface area contributed by atoms with Gasteiger partial charge in [-0.25, -0.2) is 8.78 Å². The highest BCUT2D eigenvalue weighted by Gasteiger charge is 2.61. The molecule has 0 saturated carbocycles. The third-order valence-corrected chi connectivity index (χ3v) is 7.23. The lowest BCUT2D eigenvalue weighted by atomic mass is 9.78. The molecule has 2 aromatic rings. The molecule has 2 aromatic carbocycles. The van der Waals surface area contributed by atoms with Crippen LogP contribution in [0.4, 0.5) is 8.78 Å². The van der Waals surface area contributed by atoms with Crippen molar-refractivity contribution in [2.45, 2.75) is 37.2 Å². The summed E-state index contributed by atoms with van der Waals surface area (Å²) in [6.07, 6.45) is -0.679. The molecule has 0 N–H and O–H groups in total. The van der Waals surface area contributed by atoms with Crippen molar-refractivity contribution in [3.8, 4) is 0 Å². The molecule has 1 saturated heterocycles. The van der Waals surface area contributed by atoms with Gasteiger partial charge in [-0.05, 0) is 25.5 Å². The minimum absolute atomic E-state index is 0.0874. The zero-order valence-corrected chi connectivity index (χ0v) is 18.4. The molecule has 0 unspecified atom stereocenters. The number of carbonyl (C=O) groups is 1. The van der Waals surface area contributed by atoms with Crippen molar-refractivity contribution < 1.29 is 30.9 Å². The monoisotopic (exact) mass is 453 g/mol. The van der Waals surface area contributed by atoms with Crippen molar-refractivity contribution >= 4 is 16.1 Å². The second kappa shape index (κ2) is 9.02. The number of hydrogen-bond donors (Lipinski definition) is 0. The van der Waals surface area contributed by atoms with Crippen molar-refractivity contribution in [2.75, 3.05) is 20.2 Å². The third kappa shape index (κ3) is 4.63. The van der Waals surface area contributed by atoms with E-state index in [1.807, 2.05) is 30.3 Å². The second-order valence-electron chi connectivity index (χ2n) is 7.87. The highest BCUT2D eigenvalue weighted by Crippen LogP contribution is 2.42. The molecule has 0 radical (unpaired) electrons. The fourth-order valence-corrected chi connectivity index (χ4v) is 6.00. The highest BCUT2D eigenvalue weighted by molar-refractivity contribution is 7.87. The summed E-state index contributed by atoms with van der Waals surface area (Å²) in [7, 11) is -3.22. The van der Waals surface area contributed by atoms with E-state index >= 15 is 0 Å². The van der Waals surface area contributed by atoms with Gasteiger partial charge < -0.3 is 4.74 Å². The van der Waals surface area contributed by atoms with Crippen LogP contribution in [0.3, 0.4) is 0 Å². The van der Waals surface area contributed by atoms with Crippen molar-refractivity contribution in [1.29, 1.82) is 0 Å². The molecule has 1 aliphatic rings. The molecule has 31 heavy (non-hydrogen) atoms. The van der Waals surface area contributed by atoms with Crippen LogP contribution in [-0.4, -0.2) is 50.8 Å². The molecule has 6 nitrogen and oxygen atoms in total. The molecule has 1 aliphatic heterocycles. The Hall–Kier alpha value is -2.36. The molecule has 1 fully saturated rings. The fourth-order valence-electron chi connectivity index (χ4n) is 4.14. The Bertz CT molecular complexity index is 1050. The molecular weight excluding hydrogens is 428 g/mol. The van der Waals surface area contributed by atoms with Gasteiger partial charge in [-0.15, -0.1) is 0 Å². The van der Waals surface area contributed by atoms with E-state index < -0.39 is 44.5 Å². The maximum atomic E-state index is 14.9. The van der Waals surface area contributed by atoms with Crippen LogP contribution >= 0.6 is 0 Å². The zero-order chi connectivity index (χ0) is 22.8. The SMILES string of the molecule is COC(=O)[C@@]1(c2ccc(F)cc2F)CN(Cc2ccccc2)C[C@@H]1S(=O)(=O)OC(C)C. The average Bonchev–Trinajstić information content (AvgIpc) is 3.08. The Morgan fingerprint density at radius 1 is 1.19 bits per heavy atom. The molecule has 0 bridgehead atoms. The maximum Gasteiger partial charge on any atom is 0.319 e. The highest BCUT2D eigenvalue weighted by atomic mass is 32.2. The number of benzene rings is 2. The normalized spacial score (nSPS) is 22.1. The van der Waals surface area contributed by atoms with E-state index in [1.165, 1.54) is 0 Å². The second-order valence-corrected chi connectivity index (χ2v) is 9.62. The first kappa shape index (κ1) is 23.3. The van der Waals surface area contributed by atoms with Crippen LogP contribution < -0.4 is 0 Å². The summed E-state index contributed by atoms with van der Waals surface area (Å²) in [5.41, 5.74) is -1.27. The smallest absolute Gasteiger partial charge is 0.319 e. The number of rotatable bonds is 7. The van der Waals surface area contributed by atoms with E-state index in [-0.39, 0.29) is 18.7 Å². The van der Waals surface area contributed by atoms with Crippen molar-refractivity contribution in [2.24, 2.45) is 0 Å². The summed E-state index contributed by atoms with van der Waals surface area (Å²) in [4.78, 5) is 14.8. The minimum atomic E-state index is -4.33. The molecule has 1 heterocycles. The number of carbonyl (C=O) groups excluding carboxylic acids is 1. The predicted octanol–water partition coefficient (Wildman–Crippen LogP) is 3.01. The molecule has 0 aliphatic carbocycles. The van der Waals surface area contributed by atoms with E-state index in [0.29, 0.717) is 12.6 Å². The number of likely N-dealkylation sites (tertiary alicyclic amines) is 1. The van der Waals surface area contributed by atoms with Gasteiger partial charge in [0.25, 0.3) is 10.1 Å². The Morgan fingerprint density at radius 2 is 1.87 bits per heavy atom. The molecule has 3 rings (SSSR count). The van der Waals surface area contributed by atoms with Gasteiger partial charge in [-0.1, -0.05) is 36.4 Å². The summed E-state index contributed by atoms with van der Waals surface area (Å²) >= 11 is 0. The van der Waals surface area contributed by atoms with Gasteiger partial charge in [0.2, 0.25) is 0 Å². The quantitative estimate of drug-likeness (QED) is 0.474. The summed E-state index contributed by atoms with van der Waals surface area (Å²) < 4.78 is 65.0. The third-order valence-electron chi connectivity index (χ3n) is 5.33. The van der Waals surface area contributed by atoms with Crippen molar-refractivity contribution in [3.05, 3.63) is 71.3 Å². The van der Waals surface area contributed by atoms with Crippen molar-refractivity contribution in [3.63, 3.8) is 0 Å². The molecule has 2 atom stereocenters. The number of hydrogen-bond acceptors (Lipinski definition) is 6. The summed E-state index contributed by atoms with van der Waals surface area (Å²) in [6, 6.07) is 12.0. The number of esters is 1. The van der Waals surface area contributed by atoms with Crippen LogP contribution in [0.15, 0.2) is 48.5 Å². The van der Waals surface area contributed by atoms with Crippen LogP contribution in [0.2, 0.25) is 0 Å². The minimum Gasteiger partial charge on any atom is -0.468 e. The number of ether oxygens (including phenoxy) is 1. The Balaban J connectivity index is 2.16. The first-order chi connectivity index (χ1) is 14.6. The van der Waals surface area contributed by atoms with Crippen LogP contribution in [0.1, 0.15) is 25.0 Å². The molecule has 9 heteroatoms. The molecule has 0 spiro atoms. The van der Waals surface area contributed by atoms with Crippen LogP contribution in [0, 0.1) is 11.6 Å². The van der Waals surface area contributed by atoms with Crippen LogP contribution in [0.5, 0.6) is 0 Å². The standard InChI is InChI=1S/C22H25F2NO5S/c1-15(2)30-31(27,28)20-13-25(12-16-7-5-4-6-8-16)14-22(20,21(26)29-3)18-10-9-17(23)11-19(18)24/h4-11,15,20H,12-14H2,1-3H3/t20-,22+/m0/s1.